The van der Waals surface area contributed by atoms with Crippen LogP contribution in [0.4, 0.5) is 4.39 Å². The molecule has 1 aliphatic heterocycles. The van der Waals surface area contributed by atoms with Gasteiger partial charge in [0.05, 0.1) is 17.3 Å². The summed E-state index contributed by atoms with van der Waals surface area (Å²) in [5.74, 6) is -0.471. The molecule has 5 nitrogen and oxygen atoms in total. The van der Waals surface area contributed by atoms with Crippen LogP contribution in [0.1, 0.15) is 27.5 Å². The van der Waals surface area contributed by atoms with E-state index in [-0.39, 0.29) is 17.8 Å². The van der Waals surface area contributed by atoms with Gasteiger partial charge in [0.25, 0.3) is 5.91 Å². The van der Waals surface area contributed by atoms with Crippen LogP contribution in [0.25, 0.3) is 0 Å². The smallest absolute Gasteiger partial charge is 0.270 e. The zero-order chi connectivity index (χ0) is 16.2. The lowest BCUT2D eigenvalue weighted by Crippen LogP contribution is -2.32. The van der Waals surface area contributed by atoms with Crippen molar-refractivity contribution in [3.05, 3.63) is 51.7 Å². The summed E-state index contributed by atoms with van der Waals surface area (Å²) in [5, 5.41) is 9.40. The first-order chi connectivity index (χ1) is 11.1. The highest BCUT2D eigenvalue weighted by Crippen LogP contribution is 2.15. The number of carbonyl (C=O) groups excluding carboxylic acids is 1. The van der Waals surface area contributed by atoms with Crippen LogP contribution < -0.4 is 5.32 Å². The zero-order valence-corrected chi connectivity index (χ0v) is 13.4. The first kappa shape index (κ1) is 15.6. The molecule has 0 spiro atoms. The number of rotatable bonds is 5. The standard InChI is InChI=1S/C16H16FN3O2S/c1-10-19-15(9-23-10)16(21)18-8-14-7-13(20-22-14)6-11-3-2-4-12(17)5-11/h2-5,9,14H,6-8H2,1H3,(H,18,21)/t14-/m0/s1. The summed E-state index contributed by atoms with van der Waals surface area (Å²) in [5.41, 5.74) is 2.13. The molecule has 1 N–H and O–H groups in total. The minimum absolute atomic E-state index is 0.192. The number of amides is 1. The Morgan fingerprint density at radius 3 is 3.13 bits per heavy atom. The summed E-state index contributed by atoms with van der Waals surface area (Å²) in [4.78, 5) is 21.4. The molecule has 0 unspecified atom stereocenters. The van der Waals surface area contributed by atoms with E-state index in [9.17, 15) is 9.18 Å². The van der Waals surface area contributed by atoms with Gasteiger partial charge in [-0.1, -0.05) is 17.3 Å². The number of aryl methyl sites for hydroxylation is 1. The maximum Gasteiger partial charge on any atom is 0.270 e. The van der Waals surface area contributed by atoms with Crippen LogP contribution in [0.15, 0.2) is 34.8 Å². The van der Waals surface area contributed by atoms with E-state index in [1.165, 1.54) is 23.5 Å². The summed E-state index contributed by atoms with van der Waals surface area (Å²) in [7, 11) is 0. The molecule has 1 atom stereocenters. The van der Waals surface area contributed by atoms with Gasteiger partial charge in [0, 0.05) is 18.2 Å². The van der Waals surface area contributed by atoms with E-state index < -0.39 is 0 Å². The molecule has 1 aromatic heterocycles. The Balaban J connectivity index is 1.47. The average Bonchev–Trinajstić information content (AvgIpc) is 3.14. The largest absolute Gasteiger partial charge is 0.390 e. The quantitative estimate of drug-likeness (QED) is 0.915. The van der Waals surface area contributed by atoms with Crippen molar-refractivity contribution in [2.24, 2.45) is 5.16 Å². The Kier molecular flexibility index (Phi) is 4.66. The van der Waals surface area contributed by atoms with Gasteiger partial charge in [-0.05, 0) is 24.6 Å². The van der Waals surface area contributed by atoms with Crippen molar-refractivity contribution in [2.45, 2.75) is 25.9 Å². The van der Waals surface area contributed by atoms with Crippen LogP contribution in [-0.4, -0.2) is 29.3 Å². The predicted octanol–water partition coefficient (Wildman–Crippen LogP) is 2.71. The molecule has 0 radical (unpaired) electrons. The number of nitrogens with one attached hydrogen (secondary N) is 1. The topological polar surface area (TPSA) is 63.6 Å². The second kappa shape index (κ2) is 6.87. The molecule has 1 aliphatic rings. The number of nitrogens with zero attached hydrogens (tertiary/aromatic N) is 2. The summed E-state index contributed by atoms with van der Waals surface area (Å²) in [6.07, 6.45) is 0.975. The fraction of sp³-hybridized carbons (Fsp3) is 0.312. The van der Waals surface area contributed by atoms with Gasteiger partial charge in [0.2, 0.25) is 0 Å². The molecular formula is C16H16FN3O2S. The van der Waals surface area contributed by atoms with Gasteiger partial charge in [-0.15, -0.1) is 11.3 Å². The number of hydrogen-bond donors (Lipinski definition) is 1. The van der Waals surface area contributed by atoms with Crippen LogP contribution in [0.3, 0.4) is 0 Å². The highest BCUT2D eigenvalue weighted by molar-refractivity contribution is 7.09. The normalized spacial score (nSPS) is 16.8. The van der Waals surface area contributed by atoms with Crippen molar-refractivity contribution in [1.82, 2.24) is 10.3 Å². The number of aromatic nitrogens is 1. The molecule has 2 heterocycles. The Morgan fingerprint density at radius 1 is 1.52 bits per heavy atom. The number of benzene rings is 1. The number of thiazole rings is 1. The van der Waals surface area contributed by atoms with E-state index in [0.29, 0.717) is 25.1 Å². The molecule has 120 valence electrons. The van der Waals surface area contributed by atoms with E-state index in [1.807, 2.05) is 13.0 Å². The molecule has 1 amide bonds. The van der Waals surface area contributed by atoms with Crippen molar-refractivity contribution in [3.8, 4) is 0 Å². The highest BCUT2D eigenvalue weighted by atomic mass is 32.1. The first-order valence-electron chi connectivity index (χ1n) is 7.26. The van der Waals surface area contributed by atoms with E-state index >= 15 is 0 Å². The van der Waals surface area contributed by atoms with Gasteiger partial charge in [0.15, 0.2) is 0 Å². The molecule has 0 saturated carbocycles. The Bertz CT molecular complexity index is 744. The Labute approximate surface area is 137 Å². The molecule has 1 aromatic carbocycles. The van der Waals surface area contributed by atoms with Crippen molar-refractivity contribution < 1.29 is 14.0 Å². The maximum atomic E-state index is 13.2. The zero-order valence-electron chi connectivity index (χ0n) is 12.6. The van der Waals surface area contributed by atoms with Crippen molar-refractivity contribution in [2.75, 3.05) is 6.54 Å². The first-order valence-corrected chi connectivity index (χ1v) is 8.14. The van der Waals surface area contributed by atoms with Gasteiger partial charge >= 0.3 is 0 Å². The van der Waals surface area contributed by atoms with Gasteiger partial charge in [0.1, 0.15) is 17.6 Å². The van der Waals surface area contributed by atoms with E-state index in [1.54, 1.807) is 11.4 Å². The van der Waals surface area contributed by atoms with Crippen molar-refractivity contribution in [1.29, 1.82) is 0 Å². The van der Waals surface area contributed by atoms with Crippen LogP contribution in [-0.2, 0) is 11.3 Å². The molecule has 0 aliphatic carbocycles. The average molecular weight is 333 g/mol. The van der Waals surface area contributed by atoms with Gasteiger partial charge in [-0.2, -0.15) is 0 Å². The molecular weight excluding hydrogens is 317 g/mol. The van der Waals surface area contributed by atoms with Gasteiger partial charge < -0.3 is 10.2 Å². The second-order valence-electron chi connectivity index (χ2n) is 5.36. The van der Waals surface area contributed by atoms with Gasteiger partial charge in [-0.3, -0.25) is 4.79 Å². The summed E-state index contributed by atoms with van der Waals surface area (Å²) < 4.78 is 13.2. The summed E-state index contributed by atoms with van der Waals surface area (Å²) in [6.45, 7) is 2.22. The SMILES string of the molecule is Cc1nc(C(=O)NC[C@@H]2CC(Cc3cccc(F)c3)=NO2)cs1. The second-order valence-corrected chi connectivity index (χ2v) is 6.42. The van der Waals surface area contributed by atoms with Crippen LogP contribution >= 0.6 is 11.3 Å². The number of oxime groups is 1. The number of hydrogen-bond acceptors (Lipinski definition) is 5. The molecule has 0 saturated heterocycles. The highest BCUT2D eigenvalue weighted by Gasteiger charge is 2.22. The lowest BCUT2D eigenvalue weighted by molar-refractivity contribution is 0.0751. The van der Waals surface area contributed by atoms with E-state index in [4.69, 9.17) is 4.84 Å². The van der Waals surface area contributed by atoms with Crippen LogP contribution in [0, 0.1) is 12.7 Å². The fourth-order valence-electron chi connectivity index (χ4n) is 2.35. The minimum atomic E-state index is -0.260. The molecule has 2 aromatic rings. The minimum Gasteiger partial charge on any atom is -0.390 e. The maximum absolute atomic E-state index is 13.2. The van der Waals surface area contributed by atoms with Gasteiger partial charge in [-0.25, -0.2) is 9.37 Å². The summed E-state index contributed by atoms with van der Waals surface area (Å²) in [6, 6.07) is 6.43. The lowest BCUT2D eigenvalue weighted by atomic mass is 10.0. The van der Waals surface area contributed by atoms with Crippen LogP contribution in [0.2, 0.25) is 0 Å². The molecule has 3 rings (SSSR count). The molecule has 7 heteroatoms. The monoisotopic (exact) mass is 333 g/mol. The van der Waals surface area contributed by atoms with Crippen molar-refractivity contribution in [3.63, 3.8) is 0 Å². The molecule has 0 bridgehead atoms. The lowest BCUT2D eigenvalue weighted by Gasteiger charge is -2.08. The number of carbonyl (C=O) groups is 1. The Morgan fingerprint density at radius 2 is 2.39 bits per heavy atom. The molecule has 23 heavy (non-hydrogen) atoms. The summed E-state index contributed by atoms with van der Waals surface area (Å²) >= 11 is 1.44. The predicted molar refractivity (Wildman–Crippen MR) is 86.2 cm³/mol. The Hall–Kier alpha value is -2.28. The fourth-order valence-corrected chi connectivity index (χ4v) is 2.94. The molecule has 0 fully saturated rings. The van der Waals surface area contributed by atoms with E-state index in [2.05, 4.69) is 15.5 Å². The van der Waals surface area contributed by atoms with Crippen molar-refractivity contribution >= 4 is 23.0 Å². The third kappa shape index (κ3) is 4.13. The van der Waals surface area contributed by atoms with E-state index in [0.717, 1.165) is 16.3 Å². The van der Waals surface area contributed by atoms with Crippen LogP contribution in [0.5, 0.6) is 0 Å². The number of halogens is 1. The third-order valence-electron chi connectivity index (χ3n) is 3.43. The third-order valence-corrected chi connectivity index (χ3v) is 4.21.